The molecule has 1 saturated heterocycles. The summed E-state index contributed by atoms with van der Waals surface area (Å²) in [6.07, 6.45) is 7.48. The third-order valence-corrected chi connectivity index (χ3v) is 6.15. The fraction of sp³-hybridized carbons (Fsp3) is 0.591. The lowest BCUT2D eigenvalue weighted by molar-refractivity contribution is -0.132. The lowest BCUT2D eigenvalue weighted by Crippen LogP contribution is -2.36. The summed E-state index contributed by atoms with van der Waals surface area (Å²) in [5, 5.41) is 0. The van der Waals surface area contributed by atoms with E-state index in [1.54, 1.807) is 6.20 Å². The Balaban J connectivity index is 1.37. The fourth-order valence-electron chi connectivity index (χ4n) is 4.36. The van der Waals surface area contributed by atoms with Crippen LogP contribution in [-0.4, -0.2) is 63.0 Å². The lowest BCUT2D eigenvalue weighted by Gasteiger charge is -2.26. The smallest absolute Gasteiger partial charge is 0.231 e. The number of aromatic nitrogens is 3. The van der Waals surface area contributed by atoms with E-state index >= 15 is 0 Å². The molecule has 0 saturated carbocycles. The van der Waals surface area contributed by atoms with Crippen LogP contribution in [0, 0.1) is 0 Å². The summed E-state index contributed by atoms with van der Waals surface area (Å²) < 4.78 is 8.26. The molecule has 2 atom stereocenters. The van der Waals surface area contributed by atoms with Gasteiger partial charge in [-0.3, -0.25) is 9.78 Å². The van der Waals surface area contributed by atoms with Gasteiger partial charge >= 0.3 is 0 Å². The third-order valence-electron chi connectivity index (χ3n) is 6.15. The molecule has 156 valence electrons. The summed E-state index contributed by atoms with van der Waals surface area (Å²) >= 11 is 0. The van der Waals surface area contributed by atoms with E-state index in [1.807, 2.05) is 30.4 Å². The number of ether oxygens (including phenoxy) is 1. The van der Waals surface area contributed by atoms with Gasteiger partial charge in [-0.2, -0.15) is 0 Å². The Labute approximate surface area is 172 Å². The Morgan fingerprint density at radius 2 is 2.21 bits per heavy atom. The minimum atomic E-state index is -0.101. The van der Waals surface area contributed by atoms with Gasteiger partial charge in [-0.15, -0.1) is 0 Å². The number of hydrogen-bond donors (Lipinski definition) is 0. The van der Waals surface area contributed by atoms with Crippen molar-refractivity contribution < 1.29 is 9.53 Å². The first-order chi connectivity index (χ1) is 14.0. The highest BCUT2D eigenvalue weighted by Gasteiger charge is 2.36. The molecule has 0 bridgehead atoms. The van der Waals surface area contributed by atoms with Gasteiger partial charge in [-0.05, 0) is 38.9 Å². The number of pyridine rings is 1. The monoisotopic (exact) mass is 397 g/mol. The average molecular weight is 398 g/mol. The van der Waals surface area contributed by atoms with E-state index in [2.05, 4.69) is 33.4 Å². The molecule has 1 aliphatic heterocycles. The van der Waals surface area contributed by atoms with Crippen LogP contribution in [-0.2, 0) is 24.8 Å². The molecule has 1 amide bonds. The predicted octanol–water partition coefficient (Wildman–Crippen LogP) is 2.37. The van der Waals surface area contributed by atoms with Crippen LogP contribution in [0.25, 0.3) is 0 Å². The second-order valence-corrected chi connectivity index (χ2v) is 8.26. The van der Waals surface area contributed by atoms with Crippen LogP contribution in [0.4, 0.5) is 0 Å². The Morgan fingerprint density at radius 3 is 3.03 bits per heavy atom. The van der Waals surface area contributed by atoms with Crippen molar-refractivity contribution in [2.24, 2.45) is 7.05 Å². The van der Waals surface area contributed by atoms with Gasteiger partial charge in [0.1, 0.15) is 11.9 Å². The van der Waals surface area contributed by atoms with Crippen molar-refractivity contribution in [3.63, 3.8) is 0 Å². The molecule has 0 N–H and O–H groups in total. The molecule has 2 aromatic heterocycles. The van der Waals surface area contributed by atoms with Gasteiger partial charge in [0.15, 0.2) is 0 Å². The number of imidazole rings is 1. The molecule has 2 aliphatic rings. The Bertz CT molecular complexity index is 865. The van der Waals surface area contributed by atoms with E-state index in [9.17, 15) is 4.79 Å². The van der Waals surface area contributed by atoms with Crippen molar-refractivity contribution in [1.29, 1.82) is 0 Å². The number of amides is 1. The number of carbonyl (C=O) groups is 1. The SMILES string of the molecule is CCN(C)Cc1cc(OC2CCN(C(=O)C3CCCc4c3ncn4C)C2)ccn1. The largest absolute Gasteiger partial charge is 0.488 e. The van der Waals surface area contributed by atoms with Crippen molar-refractivity contribution in [3.8, 4) is 5.75 Å². The maximum Gasteiger partial charge on any atom is 0.231 e. The summed E-state index contributed by atoms with van der Waals surface area (Å²) in [5.74, 6) is 0.940. The number of likely N-dealkylation sites (tertiary alicyclic amines) is 1. The van der Waals surface area contributed by atoms with Crippen molar-refractivity contribution in [1.82, 2.24) is 24.3 Å². The maximum absolute atomic E-state index is 13.2. The van der Waals surface area contributed by atoms with Gasteiger partial charge in [-0.25, -0.2) is 4.98 Å². The molecule has 0 spiro atoms. The van der Waals surface area contributed by atoms with Crippen molar-refractivity contribution in [2.75, 3.05) is 26.7 Å². The summed E-state index contributed by atoms with van der Waals surface area (Å²) in [5.41, 5.74) is 3.19. The Hall–Kier alpha value is -2.41. The normalized spacial score (nSPS) is 21.4. The molecule has 0 aromatic carbocycles. The highest BCUT2D eigenvalue weighted by molar-refractivity contribution is 5.84. The molecule has 29 heavy (non-hydrogen) atoms. The van der Waals surface area contributed by atoms with Gasteiger partial charge in [0, 0.05) is 44.5 Å². The average Bonchev–Trinajstić information content (AvgIpc) is 3.34. The van der Waals surface area contributed by atoms with Gasteiger partial charge in [0.05, 0.1) is 30.2 Å². The zero-order chi connectivity index (χ0) is 20.4. The van der Waals surface area contributed by atoms with Crippen LogP contribution < -0.4 is 4.74 Å². The highest BCUT2D eigenvalue weighted by Crippen LogP contribution is 2.33. The summed E-state index contributed by atoms with van der Waals surface area (Å²) in [6.45, 7) is 5.30. The molecule has 4 rings (SSSR count). The van der Waals surface area contributed by atoms with Crippen LogP contribution in [0.2, 0.25) is 0 Å². The van der Waals surface area contributed by atoms with Crippen LogP contribution >= 0.6 is 0 Å². The molecule has 2 aromatic rings. The molecule has 1 fully saturated rings. The van der Waals surface area contributed by atoms with Crippen LogP contribution in [0.1, 0.15) is 49.2 Å². The van der Waals surface area contributed by atoms with E-state index < -0.39 is 0 Å². The molecule has 7 heteroatoms. The minimum absolute atomic E-state index is 0.0323. The van der Waals surface area contributed by atoms with Gasteiger partial charge in [0.25, 0.3) is 0 Å². The maximum atomic E-state index is 13.2. The minimum Gasteiger partial charge on any atom is -0.488 e. The van der Waals surface area contributed by atoms with E-state index in [0.29, 0.717) is 6.54 Å². The third kappa shape index (κ3) is 4.29. The van der Waals surface area contributed by atoms with E-state index in [4.69, 9.17) is 4.74 Å². The van der Waals surface area contributed by atoms with Gasteiger partial charge in [0.2, 0.25) is 5.91 Å². The van der Waals surface area contributed by atoms with Gasteiger partial charge < -0.3 is 19.1 Å². The number of fused-ring (bicyclic) bond motifs is 1. The number of nitrogens with zero attached hydrogens (tertiary/aromatic N) is 5. The summed E-state index contributed by atoms with van der Waals surface area (Å²) in [4.78, 5) is 26.3. The van der Waals surface area contributed by atoms with Crippen LogP contribution in [0.5, 0.6) is 5.75 Å². The van der Waals surface area contributed by atoms with E-state index in [-0.39, 0.29) is 17.9 Å². The predicted molar refractivity (Wildman–Crippen MR) is 111 cm³/mol. The van der Waals surface area contributed by atoms with Crippen molar-refractivity contribution >= 4 is 5.91 Å². The topological polar surface area (TPSA) is 63.5 Å². The first-order valence-electron chi connectivity index (χ1n) is 10.6. The van der Waals surface area contributed by atoms with E-state index in [0.717, 1.165) is 62.5 Å². The van der Waals surface area contributed by atoms with Gasteiger partial charge in [-0.1, -0.05) is 6.92 Å². The molecular formula is C22H31N5O2. The second kappa shape index (κ2) is 8.53. The number of carbonyl (C=O) groups excluding carboxylic acids is 1. The number of hydrogen-bond acceptors (Lipinski definition) is 5. The molecule has 7 nitrogen and oxygen atoms in total. The standard InChI is InChI=1S/C22H31N5O2/c1-4-25(2)13-16-12-17(8-10-23-16)29-18-9-11-27(14-18)22(28)19-6-5-7-20-21(19)24-15-26(20)3/h8,10,12,15,18-19H,4-7,9,11,13-14H2,1-3H3. The molecular weight excluding hydrogens is 366 g/mol. The van der Waals surface area contributed by atoms with Crippen LogP contribution in [0.3, 0.4) is 0 Å². The summed E-state index contributed by atoms with van der Waals surface area (Å²) in [7, 11) is 4.09. The van der Waals surface area contributed by atoms with E-state index in [1.165, 1.54) is 5.69 Å². The number of aryl methyl sites for hydroxylation is 1. The second-order valence-electron chi connectivity index (χ2n) is 8.26. The quantitative estimate of drug-likeness (QED) is 0.749. The summed E-state index contributed by atoms with van der Waals surface area (Å²) in [6, 6.07) is 3.92. The lowest BCUT2D eigenvalue weighted by atomic mass is 9.88. The van der Waals surface area contributed by atoms with Crippen molar-refractivity contribution in [3.05, 3.63) is 41.7 Å². The highest BCUT2D eigenvalue weighted by atomic mass is 16.5. The fourth-order valence-corrected chi connectivity index (χ4v) is 4.36. The first kappa shape index (κ1) is 19.9. The molecule has 3 heterocycles. The zero-order valence-corrected chi connectivity index (χ0v) is 17.7. The zero-order valence-electron chi connectivity index (χ0n) is 17.7. The Kier molecular flexibility index (Phi) is 5.85. The Morgan fingerprint density at radius 1 is 1.34 bits per heavy atom. The molecule has 0 radical (unpaired) electrons. The molecule has 2 unspecified atom stereocenters. The molecule has 1 aliphatic carbocycles. The number of rotatable bonds is 6. The van der Waals surface area contributed by atoms with Crippen LogP contribution in [0.15, 0.2) is 24.7 Å². The first-order valence-corrected chi connectivity index (χ1v) is 10.6. The van der Waals surface area contributed by atoms with Crippen molar-refractivity contribution in [2.45, 2.75) is 51.2 Å².